The molecule has 0 fully saturated rings. The Morgan fingerprint density at radius 2 is 2.12 bits per heavy atom. The predicted molar refractivity (Wildman–Crippen MR) is 59.1 cm³/mol. The van der Waals surface area contributed by atoms with Crippen molar-refractivity contribution >= 4 is 0 Å². The number of para-hydroxylation sites is 1. The number of oxazole rings is 1. The summed E-state index contributed by atoms with van der Waals surface area (Å²) in [4.78, 5) is 4.08. The molecule has 16 heavy (non-hydrogen) atoms. The van der Waals surface area contributed by atoms with E-state index in [1.54, 1.807) is 30.5 Å². The third-order valence-electron chi connectivity index (χ3n) is 2.42. The molecule has 0 aliphatic carbocycles. The summed E-state index contributed by atoms with van der Waals surface area (Å²) in [5.41, 5.74) is 0.555. The Balaban J connectivity index is 2.35. The number of hydrogen-bond donors (Lipinski definition) is 2. The maximum atomic E-state index is 9.62. The van der Waals surface area contributed by atoms with E-state index in [1.165, 1.54) is 0 Å². The highest BCUT2D eigenvalue weighted by atomic mass is 16.4. The van der Waals surface area contributed by atoms with Gasteiger partial charge >= 0.3 is 0 Å². The van der Waals surface area contributed by atoms with Crippen LogP contribution in [0.1, 0.15) is 18.6 Å². The SMILES string of the molecule is CC(CO)c1cnc(-c2ccccc2O)o1. The standard InChI is InChI=1S/C12H13NO3/c1-8(7-14)11-6-13-12(16-11)9-4-2-3-5-10(9)15/h2-6,8,14-15H,7H2,1H3. The van der Waals surface area contributed by atoms with Gasteiger partial charge in [-0.25, -0.2) is 4.98 Å². The zero-order chi connectivity index (χ0) is 11.5. The lowest BCUT2D eigenvalue weighted by Crippen LogP contribution is -1.96. The minimum atomic E-state index is -0.0906. The molecule has 84 valence electrons. The average molecular weight is 219 g/mol. The Morgan fingerprint density at radius 3 is 2.81 bits per heavy atom. The molecule has 1 unspecified atom stereocenters. The molecule has 0 amide bonds. The van der Waals surface area contributed by atoms with Crippen molar-refractivity contribution in [3.05, 3.63) is 36.2 Å². The number of aromatic hydroxyl groups is 1. The van der Waals surface area contributed by atoms with E-state index in [0.29, 0.717) is 17.2 Å². The quantitative estimate of drug-likeness (QED) is 0.830. The van der Waals surface area contributed by atoms with Gasteiger partial charge in [-0.05, 0) is 12.1 Å². The summed E-state index contributed by atoms with van der Waals surface area (Å²) in [5.74, 6) is 1.02. The molecule has 1 aromatic carbocycles. The van der Waals surface area contributed by atoms with Gasteiger partial charge in [-0.15, -0.1) is 0 Å². The monoisotopic (exact) mass is 219 g/mol. The molecular formula is C12H13NO3. The molecule has 1 aromatic heterocycles. The van der Waals surface area contributed by atoms with Gasteiger partial charge < -0.3 is 14.6 Å². The van der Waals surface area contributed by atoms with E-state index in [2.05, 4.69) is 4.98 Å². The largest absolute Gasteiger partial charge is 0.507 e. The van der Waals surface area contributed by atoms with E-state index >= 15 is 0 Å². The lowest BCUT2D eigenvalue weighted by molar-refractivity contribution is 0.258. The van der Waals surface area contributed by atoms with Crippen LogP contribution in [0.15, 0.2) is 34.9 Å². The molecule has 0 spiro atoms. The number of hydrogen-bond acceptors (Lipinski definition) is 4. The van der Waals surface area contributed by atoms with Gasteiger partial charge in [0.05, 0.1) is 18.4 Å². The van der Waals surface area contributed by atoms with Crippen LogP contribution < -0.4 is 0 Å². The molecule has 1 atom stereocenters. The number of aliphatic hydroxyl groups excluding tert-OH is 1. The summed E-state index contributed by atoms with van der Waals surface area (Å²) in [6.07, 6.45) is 1.57. The minimum Gasteiger partial charge on any atom is -0.507 e. The fraction of sp³-hybridized carbons (Fsp3) is 0.250. The van der Waals surface area contributed by atoms with Crippen molar-refractivity contribution in [2.75, 3.05) is 6.61 Å². The van der Waals surface area contributed by atoms with Crippen LogP contribution in [0.4, 0.5) is 0 Å². The molecule has 0 aliphatic heterocycles. The van der Waals surface area contributed by atoms with Gasteiger partial charge in [-0.2, -0.15) is 0 Å². The molecule has 2 rings (SSSR count). The second-order valence-corrected chi connectivity index (χ2v) is 3.67. The maximum absolute atomic E-state index is 9.62. The molecule has 2 aromatic rings. The summed E-state index contributed by atoms with van der Waals surface area (Å²) in [5, 5.41) is 18.6. The van der Waals surface area contributed by atoms with Crippen molar-refractivity contribution < 1.29 is 14.6 Å². The van der Waals surface area contributed by atoms with Crippen LogP contribution in [0.2, 0.25) is 0 Å². The van der Waals surface area contributed by atoms with Crippen molar-refractivity contribution in [1.82, 2.24) is 4.98 Å². The first-order valence-electron chi connectivity index (χ1n) is 5.07. The normalized spacial score (nSPS) is 12.6. The molecule has 1 heterocycles. The van der Waals surface area contributed by atoms with Gasteiger partial charge in [0.2, 0.25) is 5.89 Å². The first-order chi connectivity index (χ1) is 7.72. The third kappa shape index (κ3) is 1.92. The van der Waals surface area contributed by atoms with E-state index in [9.17, 15) is 5.11 Å². The second-order valence-electron chi connectivity index (χ2n) is 3.67. The Kier molecular flexibility index (Phi) is 2.92. The molecule has 4 nitrogen and oxygen atoms in total. The van der Waals surface area contributed by atoms with Crippen LogP contribution in [0, 0.1) is 0 Å². The van der Waals surface area contributed by atoms with Crippen LogP contribution in [-0.4, -0.2) is 21.8 Å². The zero-order valence-corrected chi connectivity index (χ0v) is 8.92. The minimum absolute atomic E-state index is 0.00933. The van der Waals surface area contributed by atoms with Crippen molar-refractivity contribution in [2.24, 2.45) is 0 Å². The number of aromatic nitrogens is 1. The van der Waals surface area contributed by atoms with Gasteiger partial charge in [0.15, 0.2) is 0 Å². The number of nitrogens with zero attached hydrogens (tertiary/aromatic N) is 1. The van der Waals surface area contributed by atoms with E-state index in [0.717, 1.165) is 0 Å². The highest BCUT2D eigenvalue weighted by Crippen LogP contribution is 2.29. The number of rotatable bonds is 3. The molecule has 0 aliphatic rings. The van der Waals surface area contributed by atoms with E-state index < -0.39 is 0 Å². The summed E-state index contributed by atoms with van der Waals surface area (Å²) in [6.45, 7) is 1.85. The molecule has 0 saturated carbocycles. The lowest BCUT2D eigenvalue weighted by Gasteiger charge is -2.02. The van der Waals surface area contributed by atoms with Gasteiger partial charge in [-0.1, -0.05) is 19.1 Å². The Hall–Kier alpha value is -1.81. The van der Waals surface area contributed by atoms with Crippen LogP contribution in [-0.2, 0) is 0 Å². The first-order valence-corrected chi connectivity index (χ1v) is 5.07. The van der Waals surface area contributed by atoms with E-state index in [-0.39, 0.29) is 18.3 Å². The maximum Gasteiger partial charge on any atom is 0.230 e. The highest BCUT2D eigenvalue weighted by molar-refractivity contribution is 5.61. The number of phenolic OH excluding ortho intramolecular Hbond substituents is 1. The fourth-order valence-corrected chi connectivity index (χ4v) is 1.38. The number of phenols is 1. The van der Waals surface area contributed by atoms with Crippen LogP contribution in [0.5, 0.6) is 5.75 Å². The van der Waals surface area contributed by atoms with Gasteiger partial charge in [0, 0.05) is 5.92 Å². The molecular weight excluding hydrogens is 206 g/mol. The molecule has 4 heteroatoms. The molecule has 2 N–H and O–H groups in total. The Morgan fingerprint density at radius 1 is 1.38 bits per heavy atom. The first kappa shape index (κ1) is 10.7. The van der Waals surface area contributed by atoms with Crippen molar-refractivity contribution in [2.45, 2.75) is 12.8 Å². The zero-order valence-electron chi connectivity index (χ0n) is 8.92. The number of benzene rings is 1. The van der Waals surface area contributed by atoms with Gasteiger partial charge in [0.1, 0.15) is 11.5 Å². The Bertz CT molecular complexity index is 479. The number of aliphatic hydroxyl groups is 1. The molecule has 0 bridgehead atoms. The highest BCUT2D eigenvalue weighted by Gasteiger charge is 2.13. The fourth-order valence-electron chi connectivity index (χ4n) is 1.38. The van der Waals surface area contributed by atoms with Gasteiger partial charge in [-0.3, -0.25) is 0 Å². The summed E-state index contributed by atoms with van der Waals surface area (Å²) in [7, 11) is 0. The molecule has 0 radical (unpaired) electrons. The average Bonchev–Trinajstić information content (AvgIpc) is 2.78. The topological polar surface area (TPSA) is 66.5 Å². The van der Waals surface area contributed by atoms with Crippen LogP contribution >= 0.6 is 0 Å². The van der Waals surface area contributed by atoms with E-state index in [1.807, 2.05) is 6.92 Å². The van der Waals surface area contributed by atoms with Gasteiger partial charge in [0.25, 0.3) is 0 Å². The summed E-state index contributed by atoms with van der Waals surface area (Å²) >= 11 is 0. The summed E-state index contributed by atoms with van der Waals surface area (Å²) in [6, 6.07) is 6.84. The third-order valence-corrected chi connectivity index (χ3v) is 2.42. The predicted octanol–water partition coefficient (Wildman–Crippen LogP) is 2.14. The Labute approximate surface area is 93.2 Å². The lowest BCUT2D eigenvalue weighted by atomic mass is 10.1. The van der Waals surface area contributed by atoms with E-state index in [4.69, 9.17) is 9.52 Å². The smallest absolute Gasteiger partial charge is 0.230 e. The van der Waals surface area contributed by atoms with Crippen LogP contribution in [0.25, 0.3) is 11.5 Å². The van der Waals surface area contributed by atoms with Crippen LogP contribution in [0.3, 0.4) is 0 Å². The van der Waals surface area contributed by atoms with Crippen molar-refractivity contribution in [3.8, 4) is 17.2 Å². The van der Waals surface area contributed by atoms with Crippen molar-refractivity contribution in [1.29, 1.82) is 0 Å². The molecule has 0 saturated heterocycles. The van der Waals surface area contributed by atoms with Crippen molar-refractivity contribution in [3.63, 3.8) is 0 Å². The summed E-state index contributed by atoms with van der Waals surface area (Å²) < 4.78 is 5.47. The second kappa shape index (κ2) is 4.37.